The third kappa shape index (κ3) is 4.19. The second-order valence-electron chi connectivity index (χ2n) is 5.14. The van der Waals surface area contributed by atoms with Crippen molar-refractivity contribution >= 4 is 0 Å². The van der Waals surface area contributed by atoms with E-state index in [0.29, 0.717) is 6.61 Å². The van der Waals surface area contributed by atoms with Gasteiger partial charge in [0.2, 0.25) is 0 Å². The largest absolute Gasteiger partial charge is 0.490 e. The van der Waals surface area contributed by atoms with E-state index in [0.717, 1.165) is 25.2 Å². The molecule has 1 fully saturated rings. The lowest BCUT2D eigenvalue weighted by Crippen LogP contribution is -2.16. The minimum absolute atomic E-state index is 0.0398. The summed E-state index contributed by atoms with van der Waals surface area (Å²) in [6.45, 7) is 5.61. The van der Waals surface area contributed by atoms with Crippen molar-refractivity contribution in [2.75, 3.05) is 13.2 Å². The SMILES string of the molecule is C/C=C/CCCc1cccc(OCC2(C)CO2)c1. The molecule has 1 unspecified atom stereocenters. The molecule has 18 heavy (non-hydrogen) atoms. The summed E-state index contributed by atoms with van der Waals surface area (Å²) in [4.78, 5) is 0. The van der Waals surface area contributed by atoms with Crippen LogP contribution in [0.25, 0.3) is 0 Å². The molecule has 2 heteroatoms. The van der Waals surface area contributed by atoms with Crippen LogP contribution in [-0.4, -0.2) is 18.8 Å². The van der Waals surface area contributed by atoms with E-state index in [1.165, 1.54) is 12.0 Å². The normalized spacial score (nSPS) is 22.3. The van der Waals surface area contributed by atoms with Crippen LogP contribution in [0.3, 0.4) is 0 Å². The minimum Gasteiger partial charge on any atom is -0.490 e. The molecule has 1 atom stereocenters. The lowest BCUT2D eigenvalue weighted by Gasteiger charge is -2.10. The second kappa shape index (κ2) is 6.05. The zero-order valence-corrected chi connectivity index (χ0v) is 11.3. The summed E-state index contributed by atoms with van der Waals surface area (Å²) in [5, 5.41) is 0. The van der Waals surface area contributed by atoms with Gasteiger partial charge in [-0.15, -0.1) is 0 Å². The molecular formula is C16H22O2. The molecule has 1 heterocycles. The summed E-state index contributed by atoms with van der Waals surface area (Å²) in [5.74, 6) is 0.954. The van der Waals surface area contributed by atoms with Crippen molar-refractivity contribution < 1.29 is 9.47 Å². The summed E-state index contributed by atoms with van der Waals surface area (Å²) in [6.07, 6.45) is 7.76. The number of unbranched alkanes of at least 4 members (excludes halogenated alkanes) is 1. The van der Waals surface area contributed by atoms with Crippen LogP contribution >= 0.6 is 0 Å². The fraction of sp³-hybridized carbons (Fsp3) is 0.500. The van der Waals surface area contributed by atoms with E-state index in [1.807, 2.05) is 6.07 Å². The highest BCUT2D eigenvalue weighted by Gasteiger charge is 2.40. The molecule has 1 aliphatic rings. The predicted octanol–water partition coefficient (Wildman–Crippen LogP) is 3.75. The van der Waals surface area contributed by atoms with E-state index >= 15 is 0 Å². The third-order valence-corrected chi connectivity index (χ3v) is 3.15. The smallest absolute Gasteiger partial charge is 0.123 e. The van der Waals surface area contributed by atoms with Crippen molar-refractivity contribution in [3.05, 3.63) is 42.0 Å². The maximum Gasteiger partial charge on any atom is 0.123 e. The molecule has 0 saturated carbocycles. The van der Waals surface area contributed by atoms with Crippen molar-refractivity contribution in [3.63, 3.8) is 0 Å². The Morgan fingerprint density at radius 3 is 3.00 bits per heavy atom. The summed E-state index contributed by atoms with van der Waals surface area (Å²) in [5.41, 5.74) is 1.31. The van der Waals surface area contributed by atoms with Crippen LogP contribution in [0, 0.1) is 0 Å². The topological polar surface area (TPSA) is 21.8 Å². The summed E-state index contributed by atoms with van der Waals surface area (Å²) in [7, 11) is 0. The number of hydrogen-bond acceptors (Lipinski definition) is 2. The van der Waals surface area contributed by atoms with E-state index in [4.69, 9.17) is 9.47 Å². The van der Waals surface area contributed by atoms with Gasteiger partial charge in [0.1, 0.15) is 18.0 Å². The predicted molar refractivity (Wildman–Crippen MR) is 74.0 cm³/mol. The molecular weight excluding hydrogens is 224 g/mol. The van der Waals surface area contributed by atoms with Gasteiger partial charge in [-0.3, -0.25) is 0 Å². The molecule has 1 aromatic rings. The van der Waals surface area contributed by atoms with Crippen molar-refractivity contribution in [2.24, 2.45) is 0 Å². The number of ether oxygens (including phenoxy) is 2. The van der Waals surface area contributed by atoms with Gasteiger partial charge in [0.05, 0.1) is 6.61 Å². The average Bonchev–Trinajstić information content (AvgIpc) is 3.12. The van der Waals surface area contributed by atoms with Gasteiger partial charge in [-0.1, -0.05) is 24.3 Å². The van der Waals surface area contributed by atoms with Crippen molar-refractivity contribution in [2.45, 2.75) is 38.7 Å². The molecule has 1 aliphatic heterocycles. The molecule has 0 aliphatic carbocycles. The number of hydrogen-bond donors (Lipinski definition) is 0. The van der Waals surface area contributed by atoms with Crippen LogP contribution in [0.15, 0.2) is 36.4 Å². The highest BCUT2D eigenvalue weighted by Crippen LogP contribution is 2.27. The molecule has 0 aromatic heterocycles. The molecule has 0 amide bonds. The molecule has 98 valence electrons. The fourth-order valence-electron chi connectivity index (χ4n) is 1.82. The van der Waals surface area contributed by atoms with Crippen LogP contribution in [0.1, 0.15) is 32.3 Å². The van der Waals surface area contributed by atoms with Crippen LogP contribution in [0.2, 0.25) is 0 Å². The van der Waals surface area contributed by atoms with Crippen molar-refractivity contribution in [3.8, 4) is 5.75 Å². The molecule has 0 N–H and O–H groups in total. The Hall–Kier alpha value is -1.28. The first kappa shape index (κ1) is 13.2. The quantitative estimate of drug-likeness (QED) is 0.415. The van der Waals surface area contributed by atoms with Crippen LogP contribution in [0.5, 0.6) is 5.75 Å². The Morgan fingerprint density at radius 2 is 2.28 bits per heavy atom. The zero-order chi connectivity index (χ0) is 12.8. The zero-order valence-electron chi connectivity index (χ0n) is 11.3. The van der Waals surface area contributed by atoms with E-state index in [2.05, 4.69) is 44.2 Å². The van der Waals surface area contributed by atoms with Crippen LogP contribution < -0.4 is 4.74 Å². The third-order valence-electron chi connectivity index (χ3n) is 3.15. The number of aryl methyl sites for hydroxylation is 1. The molecule has 0 bridgehead atoms. The van der Waals surface area contributed by atoms with E-state index in [-0.39, 0.29) is 5.60 Å². The fourth-order valence-corrected chi connectivity index (χ4v) is 1.82. The molecule has 0 spiro atoms. The first-order valence-electron chi connectivity index (χ1n) is 6.69. The number of allylic oxidation sites excluding steroid dienone is 2. The van der Waals surface area contributed by atoms with Gasteiger partial charge in [-0.2, -0.15) is 0 Å². The Labute approximate surface area is 110 Å². The van der Waals surface area contributed by atoms with Crippen molar-refractivity contribution in [1.29, 1.82) is 0 Å². The van der Waals surface area contributed by atoms with Gasteiger partial charge in [0, 0.05) is 0 Å². The van der Waals surface area contributed by atoms with Gasteiger partial charge in [0.25, 0.3) is 0 Å². The van der Waals surface area contributed by atoms with Gasteiger partial charge < -0.3 is 9.47 Å². The van der Waals surface area contributed by atoms with Gasteiger partial charge in [-0.05, 0) is 50.8 Å². The Bertz CT molecular complexity index is 405. The Morgan fingerprint density at radius 1 is 1.44 bits per heavy atom. The highest BCUT2D eigenvalue weighted by atomic mass is 16.6. The summed E-state index contributed by atoms with van der Waals surface area (Å²) >= 11 is 0. The summed E-state index contributed by atoms with van der Waals surface area (Å²) < 4.78 is 11.1. The van der Waals surface area contributed by atoms with E-state index < -0.39 is 0 Å². The standard InChI is InChI=1S/C16H22O2/c1-3-4-5-6-8-14-9-7-10-15(11-14)17-12-16(2)13-18-16/h3-4,7,9-11H,5-6,8,12-13H2,1-2H3/b4-3+. The average molecular weight is 246 g/mol. The minimum atomic E-state index is -0.0398. The van der Waals surface area contributed by atoms with Gasteiger partial charge in [-0.25, -0.2) is 0 Å². The monoisotopic (exact) mass is 246 g/mol. The molecule has 1 aromatic carbocycles. The molecule has 2 rings (SSSR count). The van der Waals surface area contributed by atoms with Crippen molar-refractivity contribution in [1.82, 2.24) is 0 Å². The first-order chi connectivity index (χ1) is 8.72. The highest BCUT2D eigenvalue weighted by molar-refractivity contribution is 5.28. The lowest BCUT2D eigenvalue weighted by molar-refractivity contribution is 0.202. The lowest BCUT2D eigenvalue weighted by atomic mass is 10.1. The molecule has 0 radical (unpaired) electrons. The van der Waals surface area contributed by atoms with E-state index in [9.17, 15) is 0 Å². The Balaban J connectivity index is 1.80. The van der Waals surface area contributed by atoms with E-state index in [1.54, 1.807) is 0 Å². The number of rotatable bonds is 7. The van der Waals surface area contributed by atoms with Crippen LogP contribution in [0.4, 0.5) is 0 Å². The maximum absolute atomic E-state index is 5.76. The molecule has 2 nitrogen and oxygen atoms in total. The number of epoxide rings is 1. The Kier molecular flexibility index (Phi) is 4.43. The first-order valence-corrected chi connectivity index (χ1v) is 6.69. The van der Waals surface area contributed by atoms with Gasteiger partial charge in [0.15, 0.2) is 0 Å². The number of benzene rings is 1. The van der Waals surface area contributed by atoms with Gasteiger partial charge >= 0.3 is 0 Å². The maximum atomic E-state index is 5.76. The van der Waals surface area contributed by atoms with Crippen LogP contribution in [-0.2, 0) is 11.2 Å². The summed E-state index contributed by atoms with van der Waals surface area (Å²) in [6, 6.07) is 8.39. The second-order valence-corrected chi connectivity index (χ2v) is 5.14. The molecule has 1 saturated heterocycles.